The van der Waals surface area contributed by atoms with Gasteiger partial charge in [0.25, 0.3) is 0 Å². The lowest BCUT2D eigenvalue weighted by Gasteiger charge is -2.24. The number of para-hydroxylation sites is 1. The van der Waals surface area contributed by atoms with Gasteiger partial charge in [0.2, 0.25) is 17.7 Å². The number of nitrogens with one attached hydrogen (secondary N) is 4. The Balaban J connectivity index is 2.27. The molecule has 0 radical (unpaired) electrons. The van der Waals surface area contributed by atoms with Crippen molar-refractivity contribution in [1.82, 2.24) is 20.9 Å². The second kappa shape index (κ2) is 12.5. The average Bonchev–Trinajstić information content (AvgIpc) is 3.21. The van der Waals surface area contributed by atoms with Crippen molar-refractivity contribution in [2.24, 2.45) is 5.73 Å². The molecule has 0 saturated heterocycles. The number of hydrogen-bond donors (Lipinski definition) is 8. The van der Waals surface area contributed by atoms with E-state index in [1.165, 1.54) is 6.92 Å². The molecule has 1 aromatic heterocycles. The molecule has 9 N–H and O–H groups in total. The largest absolute Gasteiger partial charge is 0.481 e. The van der Waals surface area contributed by atoms with Crippen LogP contribution in [0.3, 0.4) is 0 Å². The highest BCUT2D eigenvalue weighted by atomic mass is 16.4. The van der Waals surface area contributed by atoms with Crippen LogP contribution in [-0.4, -0.2) is 80.7 Å². The number of amides is 3. The fraction of sp³-hybridized carbons (Fsp3) is 0.409. The van der Waals surface area contributed by atoms with Gasteiger partial charge in [-0.05, 0) is 25.0 Å². The number of carbonyl (C=O) groups excluding carboxylic acids is 3. The first-order chi connectivity index (χ1) is 16.5. The molecule has 1 aromatic carbocycles. The second-order valence-electron chi connectivity index (χ2n) is 7.99. The Morgan fingerprint density at radius 2 is 1.54 bits per heavy atom. The molecule has 13 heteroatoms. The number of carboxylic acid groups (broad SMARTS) is 2. The number of rotatable bonds is 13. The van der Waals surface area contributed by atoms with Crippen molar-refractivity contribution >= 4 is 40.6 Å². The summed E-state index contributed by atoms with van der Waals surface area (Å²) in [4.78, 5) is 63.1. The highest BCUT2D eigenvalue weighted by Crippen LogP contribution is 2.19. The minimum absolute atomic E-state index is 0.0633. The van der Waals surface area contributed by atoms with E-state index in [1.54, 1.807) is 24.4 Å². The monoisotopic (exact) mass is 491 g/mol. The summed E-state index contributed by atoms with van der Waals surface area (Å²) in [5, 5.41) is 35.5. The zero-order chi connectivity index (χ0) is 26.1. The van der Waals surface area contributed by atoms with Gasteiger partial charge >= 0.3 is 11.9 Å². The summed E-state index contributed by atoms with van der Waals surface area (Å²) < 4.78 is 0. The van der Waals surface area contributed by atoms with Crippen molar-refractivity contribution in [1.29, 1.82) is 0 Å². The van der Waals surface area contributed by atoms with Crippen LogP contribution >= 0.6 is 0 Å². The molecule has 2 aromatic rings. The quantitative estimate of drug-likeness (QED) is 0.162. The Hall–Kier alpha value is -3.97. The lowest BCUT2D eigenvalue weighted by Crippen LogP contribution is -2.58. The van der Waals surface area contributed by atoms with Gasteiger partial charge in [-0.1, -0.05) is 18.2 Å². The van der Waals surface area contributed by atoms with Crippen molar-refractivity contribution in [2.75, 3.05) is 6.61 Å². The Labute approximate surface area is 200 Å². The smallest absolute Gasteiger partial charge is 0.326 e. The maximum absolute atomic E-state index is 13.0. The highest BCUT2D eigenvalue weighted by Gasteiger charge is 2.30. The number of nitrogens with two attached hydrogens (primary N) is 1. The predicted octanol–water partition coefficient (Wildman–Crippen LogP) is -1.55. The van der Waals surface area contributed by atoms with Gasteiger partial charge in [-0.15, -0.1) is 0 Å². The van der Waals surface area contributed by atoms with E-state index in [-0.39, 0.29) is 12.8 Å². The number of carbonyl (C=O) groups is 5. The molecule has 4 unspecified atom stereocenters. The summed E-state index contributed by atoms with van der Waals surface area (Å²) in [6.07, 6.45) is 0.713. The summed E-state index contributed by atoms with van der Waals surface area (Å²) in [7, 11) is 0. The lowest BCUT2D eigenvalue weighted by molar-refractivity contribution is -0.143. The van der Waals surface area contributed by atoms with Gasteiger partial charge in [-0.3, -0.25) is 19.2 Å². The average molecular weight is 492 g/mol. The topological polar surface area (TPSA) is 224 Å². The maximum Gasteiger partial charge on any atom is 0.326 e. The third-order valence-corrected chi connectivity index (χ3v) is 5.22. The number of aliphatic hydroxyl groups excluding tert-OH is 1. The molecular weight excluding hydrogens is 462 g/mol. The highest BCUT2D eigenvalue weighted by molar-refractivity contribution is 5.95. The lowest BCUT2D eigenvalue weighted by atomic mass is 10.0. The van der Waals surface area contributed by atoms with E-state index in [9.17, 15) is 34.2 Å². The molecule has 0 aliphatic rings. The van der Waals surface area contributed by atoms with Crippen LogP contribution in [0.15, 0.2) is 30.5 Å². The van der Waals surface area contributed by atoms with Gasteiger partial charge < -0.3 is 42.0 Å². The van der Waals surface area contributed by atoms with Crippen molar-refractivity contribution in [3.63, 3.8) is 0 Å². The van der Waals surface area contributed by atoms with E-state index in [1.807, 2.05) is 6.07 Å². The number of hydrogen-bond acceptors (Lipinski definition) is 7. The van der Waals surface area contributed by atoms with E-state index in [0.29, 0.717) is 5.56 Å². The van der Waals surface area contributed by atoms with Crippen LogP contribution in [0, 0.1) is 0 Å². The van der Waals surface area contributed by atoms with Gasteiger partial charge in [0, 0.05) is 29.9 Å². The number of aliphatic hydroxyl groups is 1. The standard InChI is InChI=1S/C22H29N5O8/c1-11(23)19(31)27-17(10-28)21(33)26-16(8-12-9-24-14-5-3-2-4-13(12)14)20(32)25-15(22(34)35)6-7-18(29)30/h2-5,9,11,15-17,24,28H,6-8,10,23H2,1H3,(H,25,32)(H,26,33)(H,27,31)(H,29,30)(H,34,35). The molecule has 35 heavy (non-hydrogen) atoms. The first-order valence-electron chi connectivity index (χ1n) is 10.8. The van der Waals surface area contributed by atoms with Gasteiger partial charge in [-0.2, -0.15) is 0 Å². The van der Waals surface area contributed by atoms with E-state index in [4.69, 9.17) is 10.8 Å². The van der Waals surface area contributed by atoms with Crippen LogP contribution in [0.2, 0.25) is 0 Å². The minimum atomic E-state index is -1.51. The van der Waals surface area contributed by atoms with Crippen LogP contribution in [0.5, 0.6) is 0 Å². The fourth-order valence-corrected chi connectivity index (χ4v) is 3.30. The van der Waals surface area contributed by atoms with Crippen molar-refractivity contribution < 1.29 is 39.3 Å². The summed E-state index contributed by atoms with van der Waals surface area (Å²) in [5.74, 6) is -5.13. The predicted molar refractivity (Wildman–Crippen MR) is 123 cm³/mol. The summed E-state index contributed by atoms with van der Waals surface area (Å²) in [6, 6.07) is 2.02. The van der Waals surface area contributed by atoms with Crippen LogP contribution in [0.4, 0.5) is 0 Å². The summed E-state index contributed by atoms with van der Waals surface area (Å²) >= 11 is 0. The number of aliphatic carboxylic acids is 2. The molecule has 3 amide bonds. The molecule has 13 nitrogen and oxygen atoms in total. The van der Waals surface area contributed by atoms with Crippen molar-refractivity contribution in [3.8, 4) is 0 Å². The Morgan fingerprint density at radius 3 is 2.14 bits per heavy atom. The third-order valence-electron chi connectivity index (χ3n) is 5.22. The molecule has 0 spiro atoms. The molecule has 190 valence electrons. The third kappa shape index (κ3) is 7.79. The van der Waals surface area contributed by atoms with Crippen LogP contribution in [0.25, 0.3) is 10.9 Å². The van der Waals surface area contributed by atoms with Gasteiger partial charge in [-0.25, -0.2) is 4.79 Å². The van der Waals surface area contributed by atoms with Crippen LogP contribution < -0.4 is 21.7 Å². The Bertz CT molecular complexity index is 1080. The number of H-pyrrole nitrogens is 1. The zero-order valence-corrected chi connectivity index (χ0v) is 19.0. The molecule has 2 rings (SSSR count). The number of aromatic amines is 1. The molecule has 0 aliphatic heterocycles. The van der Waals surface area contributed by atoms with Crippen LogP contribution in [0.1, 0.15) is 25.3 Å². The zero-order valence-electron chi connectivity index (χ0n) is 19.0. The first-order valence-corrected chi connectivity index (χ1v) is 10.8. The Morgan fingerprint density at radius 1 is 0.943 bits per heavy atom. The SMILES string of the molecule is CC(N)C(=O)NC(CO)C(=O)NC(Cc1c[nH]c2ccccc12)C(=O)NC(CCC(=O)O)C(=O)O. The Kier molecular flexibility index (Phi) is 9.73. The van der Waals surface area contributed by atoms with Gasteiger partial charge in [0.15, 0.2) is 0 Å². The molecule has 1 heterocycles. The van der Waals surface area contributed by atoms with Gasteiger partial charge in [0.1, 0.15) is 18.1 Å². The van der Waals surface area contributed by atoms with E-state index in [0.717, 1.165) is 10.9 Å². The number of aromatic nitrogens is 1. The first kappa shape index (κ1) is 27.3. The van der Waals surface area contributed by atoms with Crippen LogP contribution in [-0.2, 0) is 30.4 Å². The fourth-order valence-electron chi connectivity index (χ4n) is 3.30. The van der Waals surface area contributed by atoms with E-state index < -0.39 is 66.9 Å². The van der Waals surface area contributed by atoms with Gasteiger partial charge in [0.05, 0.1) is 12.6 Å². The van der Waals surface area contributed by atoms with Crippen molar-refractivity contribution in [3.05, 3.63) is 36.0 Å². The summed E-state index contributed by atoms with van der Waals surface area (Å²) in [6.45, 7) is 0.611. The minimum Gasteiger partial charge on any atom is -0.481 e. The molecule has 0 saturated carbocycles. The second-order valence-corrected chi connectivity index (χ2v) is 7.99. The van der Waals surface area contributed by atoms with E-state index >= 15 is 0 Å². The number of fused-ring (bicyclic) bond motifs is 1. The maximum atomic E-state index is 13.0. The summed E-state index contributed by atoms with van der Waals surface area (Å²) in [5.41, 5.74) is 6.89. The normalized spacial score (nSPS) is 14.4. The molecule has 0 bridgehead atoms. The molecule has 0 fully saturated rings. The van der Waals surface area contributed by atoms with E-state index in [2.05, 4.69) is 20.9 Å². The van der Waals surface area contributed by atoms with Crippen molar-refractivity contribution in [2.45, 2.75) is 50.4 Å². The molecular formula is C22H29N5O8. The molecule has 4 atom stereocenters. The molecule has 0 aliphatic carbocycles. The number of carboxylic acids is 2. The number of benzene rings is 1.